The lowest BCUT2D eigenvalue weighted by Crippen LogP contribution is -2.18. The number of hydroxylamine groups is 1. The molecule has 0 atom stereocenters. The van der Waals surface area contributed by atoms with Crippen LogP contribution < -0.4 is 10.2 Å². The summed E-state index contributed by atoms with van der Waals surface area (Å²) in [6.45, 7) is 0.511. The first-order chi connectivity index (χ1) is 11.2. The van der Waals surface area contributed by atoms with Gasteiger partial charge in [-0.25, -0.2) is 5.48 Å². The molecule has 0 unspecified atom stereocenters. The Balaban J connectivity index is 1.67. The molecule has 0 radical (unpaired) electrons. The molecule has 0 fully saturated rings. The molecular formula is C17H15ClN2O3. The van der Waals surface area contributed by atoms with E-state index in [0.717, 1.165) is 22.3 Å². The lowest BCUT2D eigenvalue weighted by atomic mass is 10.1. The van der Waals surface area contributed by atoms with Crippen molar-refractivity contribution in [3.63, 3.8) is 0 Å². The highest BCUT2D eigenvalue weighted by atomic mass is 35.5. The number of hydrogen-bond acceptors (Lipinski definition) is 3. The minimum Gasteiger partial charge on any atom is -0.493 e. The molecule has 1 amide bonds. The number of H-pyrrole nitrogens is 1. The maximum absolute atomic E-state index is 11.4. The van der Waals surface area contributed by atoms with Crippen LogP contribution >= 0.6 is 11.6 Å². The van der Waals surface area contributed by atoms with Gasteiger partial charge in [-0.05, 0) is 41.8 Å². The van der Waals surface area contributed by atoms with Gasteiger partial charge in [-0.2, -0.15) is 0 Å². The van der Waals surface area contributed by atoms with E-state index < -0.39 is 5.91 Å². The van der Waals surface area contributed by atoms with E-state index >= 15 is 0 Å². The molecular weight excluding hydrogens is 316 g/mol. The summed E-state index contributed by atoms with van der Waals surface area (Å²) in [5.41, 5.74) is 3.86. The smallest absolute Gasteiger partial charge is 0.274 e. The lowest BCUT2D eigenvalue weighted by Gasteiger charge is -2.05. The molecule has 0 spiro atoms. The van der Waals surface area contributed by atoms with E-state index in [2.05, 4.69) is 4.98 Å². The van der Waals surface area contributed by atoms with E-state index in [-0.39, 0.29) is 0 Å². The Hall–Kier alpha value is -2.50. The molecule has 0 aliphatic carbocycles. The normalized spacial score (nSPS) is 10.7. The Morgan fingerprint density at radius 2 is 2.09 bits per heavy atom. The SMILES string of the molecule is O=C(NO)c1ccc2cc(CCOc3cccc(Cl)c3)[nH]c2c1. The first kappa shape index (κ1) is 15.4. The molecule has 1 heterocycles. The maximum Gasteiger partial charge on any atom is 0.274 e. The second-order valence-corrected chi connectivity index (χ2v) is 5.53. The van der Waals surface area contributed by atoms with Crippen molar-refractivity contribution in [2.75, 3.05) is 6.61 Å². The quantitative estimate of drug-likeness (QED) is 0.494. The standard InChI is InChI=1S/C17H15ClN2O3/c18-13-2-1-3-15(10-13)23-7-6-14-8-11-4-5-12(17(21)20-22)9-16(11)19-14/h1-5,8-10,19,22H,6-7H2,(H,20,21). The molecule has 0 aliphatic rings. The highest BCUT2D eigenvalue weighted by Crippen LogP contribution is 2.19. The van der Waals surface area contributed by atoms with Gasteiger partial charge in [-0.15, -0.1) is 0 Å². The van der Waals surface area contributed by atoms with Crippen LogP contribution in [0.4, 0.5) is 0 Å². The van der Waals surface area contributed by atoms with Crippen molar-refractivity contribution in [2.45, 2.75) is 6.42 Å². The molecule has 6 heteroatoms. The zero-order valence-electron chi connectivity index (χ0n) is 12.2. The van der Waals surface area contributed by atoms with Gasteiger partial charge in [0.1, 0.15) is 5.75 Å². The highest BCUT2D eigenvalue weighted by Gasteiger charge is 2.07. The molecule has 5 nitrogen and oxygen atoms in total. The van der Waals surface area contributed by atoms with Gasteiger partial charge in [0.25, 0.3) is 5.91 Å². The number of amides is 1. The Morgan fingerprint density at radius 3 is 2.87 bits per heavy atom. The summed E-state index contributed by atoms with van der Waals surface area (Å²) in [5, 5.41) is 10.3. The fourth-order valence-corrected chi connectivity index (χ4v) is 2.54. The van der Waals surface area contributed by atoms with E-state index in [1.807, 2.05) is 24.3 Å². The van der Waals surface area contributed by atoms with Crippen molar-refractivity contribution in [3.05, 3.63) is 64.8 Å². The van der Waals surface area contributed by atoms with Crippen LogP contribution in [0.3, 0.4) is 0 Å². The Labute approximate surface area is 137 Å². The summed E-state index contributed by atoms with van der Waals surface area (Å²) in [4.78, 5) is 14.7. The van der Waals surface area contributed by atoms with Gasteiger partial charge < -0.3 is 9.72 Å². The van der Waals surface area contributed by atoms with Gasteiger partial charge >= 0.3 is 0 Å². The number of hydrogen-bond donors (Lipinski definition) is 3. The first-order valence-electron chi connectivity index (χ1n) is 7.10. The number of aromatic nitrogens is 1. The van der Waals surface area contributed by atoms with Crippen LogP contribution in [-0.4, -0.2) is 22.7 Å². The Bertz CT molecular complexity index is 845. The third-order valence-electron chi connectivity index (χ3n) is 3.48. The topological polar surface area (TPSA) is 74.3 Å². The molecule has 0 saturated carbocycles. The number of halogens is 1. The van der Waals surface area contributed by atoms with Crippen molar-refractivity contribution >= 4 is 28.4 Å². The number of ether oxygens (including phenoxy) is 1. The number of nitrogens with one attached hydrogen (secondary N) is 2. The molecule has 23 heavy (non-hydrogen) atoms. The largest absolute Gasteiger partial charge is 0.493 e. The van der Waals surface area contributed by atoms with Crippen molar-refractivity contribution < 1.29 is 14.7 Å². The summed E-state index contributed by atoms with van der Waals surface area (Å²) in [6.07, 6.45) is 0.697. The van der Waals surface area contributed by atoms with Gasteiger partial charge in [0.15, 0.2) is 0 Å². The molecule has 3 N–H and O–H groups in total. The van der Waals surface area contributed by atoms with Gasteiger partial charge in [-0.3, -0.25) is 10.0 Å². The van der Waals surface area contributed by atoms with Gasteiger partial charge in [0.05, 0.1) is 6.61 Å². The molecule has 2 aromatic carbocycles. The first-order valence-corrected chi connectivity index (χ1v) is 7.48. The van der Waals surface area contributed by atoms with Crippen LogP contribution in [0.2, 0.25) is 5.02 Å². The molecule has 3 rings (SSSR count). The van der Waals surface area contributed by atoms with Crippen LogP contribution in [0.25, 0.3) is 10.9 Å². The van der Waals surface area contributed by atoms with E-state index in [1.54, 1.807) is 29.7 Å². The van der Waals surface area contributed by atoms with Crippen molar-refractivity contribution in [1.29, 1.82) is 0 Å². The summed E-state index contributed by atoms with van der Waals surface area (Å²) in [5.74, 6) is 0.197. The van der Waals surface area contributed by atoms with Crippen LogP contribution in [0, 0.1) is 0 Å². The maximum atomic E-state index is 11.4. The third-order valence-corrected chi connectivity index (χ3v) is 3.71. The number of benzene rings is 2. The van der Waals surface area contributed by atoms with Gasteiger partial charge in [0.2, 0.25) is 0 Å². The predicted molar refractivity (Wildman–Crippen MR) is 88.2 cm³/mol. The van der Waals surface area contributed by atoms with Crippen molar-refractivity contribution in [3.8, 4) is 5.75 Å². The lowest BCUT2D eigenvalue weighted by molar-refractivity contribution is 0.0706. The average Bonchev–Trinajstić information content (AvgIpc) is 2.96. The zero-order valence-corrected chi connectivity index (χ0v) is 12.9. The Kier molecular flexibility index (Phi) is 4.50. The molecule has 0 aliphatic heterocycles. The van der Waals surface area contributed by atoms with Gasteiger partial charge in [0, 0.05) is 28.2 Å². The fraction of sp³-hybridized carbons (Fsp3) is 0.118. The second-order valence-electron chi connectivity index (χ2n) is 5.09. The molecule has 0 bridgehead atoms. The minimum atomic E-state index is -0.535. The molecule has 0 saturated heterocycles. The minimum absolute atomic E-state index is 0.392. The van der Waals surface area contributed by atoms with Crippen LogP contribution in [0.5, 0.6) is 5.75 Å². The predicted octanol–water partition coefficient (Wildman–Crippen LogP) is 3.56. The number of carbonyl (C=O) groups excluding carboxylic acids is 1. The average molecular weight is 331 g/mol. The van der Waals surface area contributed by atoms with Crippen LogP contribution in [-0.2, 0) is 6.42 Å². The van der Waals surface area contributed by atoms with E-state index in [0.29, 0.717) is 23.6 Å². The molecule has 118 valence electrons. The van der Waals surface area contributed by atoms with E-state index in [9.17, 15) is 4.79 Å². The molecule has 1 aromatic heterocycles. The Morgan fingerprint density at radius 1 is 1.22 bits per heavy atom. The second kappa shape index (κ2) is 6.73. The van der Waals surface area contributed by atoms with Crippen LogP contribution in [0.1, 0.15) is 16.1 Å². The van der Waals surface area contributed by atoms with Gasteiger partial charge in [-0.1, -0.05) is 23.7 Å². The molecule has 3 aromatic rings. The highest BCUT2D eigenvalue weighted by molar-refractivity contribution is 6.30. The summed E-state index contributed by atoms with van der Waals surface area (Å²) in [6, 6.07) is 14.5. The summed E-state index contributed by atoms with van der Waals surface area (Å²) < 4.78 is 5.66. The number of carbonyl (C=O) groups is 1. The monoisotopic (exact) mass is 330 g/mol. The van der Waals surface area contributed by atoms with Crippen molar-refractivity contribution in [1.82, 2.24) is 10.5 Å². The number of fused-ring (bicyclic) bond motifs is 1. The zero-order chi connectivity index (χ0) is 16.2. The number of rotatable bonds is 5. The number of aromatic amines is 1. The summed E-state index contributed by atoms with van der Waals surface area (Å²) >= 11 is 5.91. The summed E-state index contributed by atoms with van der Waals surface area (Å²) in [7, 11) is 0. The van der Waals surface area contributed by atoms with Crippen molar-refractivity contribution in [2.24, 2.45) is 0 Å². The fourth-order valence-electron chi connectivity index (χ4n) is 2.36. The van der Waals surface area contributed by atoms with E-state index in [1.165, 1.54) is 0 Å². The van der Waals surface area contributed by atoms with Crippen LogP contribution in [0.15, 0.2) is 48.5 Å². The third kappa shape index (κ3) is 3.64. The van der Waals surface area contributed by atoms with E-state index in [4.69, 9.17) is 21.5 Å².